The van der Waals surface area contributed by atoms with E-state index in [2.05, 4.69) is 15.9 Å². The van der Waals surface area contributed by atoms with Crippen LogP contribution in [0.1, 0.15) is 20.7 Å². The van der Waals surface area contributed by atoms with Crippen molar-refractivity contribution in [2.45, 2.75) is 34.6 Å². The highest BCUT2D eigenvalue weighted by molar-refractivity contribution is 9.09. The van der Waals surface area contributed by atoms with Crippen LogP contribution in [-0.4, -0.2) is 61.5 Å². The van der Waals surface area contributed by atoms with Gasteiger partial charge in [-0.25, -0.2) is 0 Å². The number of hydrogen-bond donors (Lipinski definition) is 3. The predicted octanol–water partition coefficient (Wildman–Crippen LogP) is 2.26. The van der Waals surface area contributed by atoms with Gasteiger partial charge in [-0.3, -0.25) is 9.59 Å². The van der Waals surface area contributed by atoms with Crippen LogP contribution in [0.5, 0.6) is 0 Å². The number of alkyl halides is 4. The van der Waals surface area contributed by atoms with E-state index >= 15 is 0 Å². The molecular formula is C20H16BrF3O6. The first-order valence-corrected chi connectivity index (χ1v) is 9.56. The number of carbonyl (C=O) groups is 2. The SMILES string of the molecule is O=C(c1ccccc1)C(O)[C@H]1O[C@H](Br)[C@@](O)(C(F)(F)F)[C@@]1(O)C(=O)c1ccccc1. The lowest BCUT2D eigenvalue weighted by Crippen LogP contribution is -2.71. The van der Waals surface area contributed by atoms with Crippen molar-refractivity contribution in [3.8, 4) is 0 Å². The number of halogens is 4. The summed E-state index contributed by atoms with van der Waals surface area (Å²) in [6, 6.07) is 13.5. The Bertz CT molecular complexity index is 939. The highest BCUT2D eigenvalue weighted by atomic mass is 79.9. The Morgan fingerprint density at radius 3 is 1.90 bits per heavy atom. The lowest BCUT2D eigenvalue weighted by molar-refractivity contribution is -0.297. The Labute approximate surface area is 177 Å². The Hall–Kier alpha value is -2.11. The van der Waals surface area contributed by atoms with E-state index < -0.39 is 46.2 Å². The molecule has 1 unspecified atom stereocenters. The normalized spacial score (nSPS) is 30.1. The fourth-order valence-corrected chi connectivity index (χ4v) is 4.23. The summed E-state index contributed by atoms with van der Waals surface area (Å²) in [6.45, 7) is 0. The molecule has 0 aliphatic carbocycles. The predicted molar refractivity (Wildman–Crippen MR) is 101 cm³/mol. The van der Waals surface area contributed by atoms with E-state index in [-0.39, 0.29) is 11.1 Å². The number of Topliss-reactive ketones (excluding diaryl/α,β-unsaturated/α-hetero) is 2. The number of aliphatic hydroxyl groups excluding tert-OH is 1. The molecule has 10 heteroatoms. The van der Waals surface area contributed by atoms with Gasteiger partial charge in [0.15, 0.2) is 16.4 Å². The minimum Gasteiger partial charge on any atom is -0.382 e. The molecule has 5 atom stereocenters. The number of ketones is 2. The number of ether oxygens (including phenoxy) is 1. The van der Waals surface area contributed by atoms with E-state index in [0.29, 0.717) is 0 Å². The molecule has 3 rings (SSSR count). The van der Waals surface area contributed by atoms with Crippen LogP contribution in [0.15, 0.2) is 60.7 Å². The van der Waals surface area contributed by atoms with Crippen LogP contribution in [-0.2, 0) is 4.74 Å². The van der Waals surface area contributed by atoms with Gasteiger partial charge in [-0.1, -0.05) is 76.6 Å². The van der Waals surface area contributed by atoms with E-state index in [1.165, 1.54) is 42.5 Å². The monoisotopic (exact) mass is 488 g/mol. The summed E-state index contributed by atoms with van der Waals surface area (Å²) < 4.78 is 46.6. The third-order valence-corrected chi connectivity index (χ3v) is 5.89. The van der Waals surface area contributed by atoms with Crippen molar-refractivity contribution in [3.05, 3.63) is 71.8 Å². The third kappa shape index (κ3) is 3.28. The summed E-state index contributed by atoms with van der Waals surface area (Å²) in [5, 5.41) is 29.8. The number of aliphatic hydroxyl groups is 3. The van der Waals surface area contributed by atoms with Crippen LogP contribution in [0, 0.1) is 0 Å². The highest BCUT2D eigenvalue weighted by Gasteiger charge is 2.81. The Morgan fingerprint density at radius 2 is 1.43 bits per heavy atom. The van der Waals surface area contributed by atoms with Crippen molar-refractivity contribution in [3.63, 3.8) is 0 Å². The topological polar surface area (TPSA) is 104 Å². The van der Waals surface area contributed by atoms with Gasteiger partial charge in [0.05, 0.1) is 0 Å². The lowest BCUT2D eigenvalue weighted by atomic mass is 9.73. The summed E-state index contributed by atoms with van der Waals surface area (Å²) in [5.41, 5.74) is -8.35. The number of rotatable bonds is 5. The minimum absolute atomic E-state index is 0.0864. The molecule has 1 aliphatic rings. The molecule has 1 heterocycles. The van der Waals surface area contributed by atoms with Crippen LogP contribution >= 0.6 is 15.9 Å². The molecule has 2 aromatic rings. The maximum Gasteiger partial charge on any atom is 0.424 e. The number of benzene rings is 2. The molecule has 30 heavy (non-hydrogen) atoms. The fourth-order valence-electron chi connectivity index (χ4n) is 3.39. The molecule has 3 N–H and O–H groups in total. The summed E-state index contributed by atoms with van der Waals surface area (Å²) in [5.74, 6) is -2.65. The number of carbonyl (C=O) groups excluding carboxylic acids is 2. The minimum atomic E-state index is -5.56. The van der Waals surface area contributed by atoms with Crippen molar-refractivity contribution >= 4 is 27.5 Å². The zero-order valence-electron chi connectivity index (χ0n) is 15.1. The third-order valence-electron chi connectivity index (χ3n) is 5.02. The van der Waals surface area contributed by atoms with Gasteiger partial charge in [0.25, 0.3) is 0 Å². The molecule has 0 amide bonds. The Kier molecular flexibility index (Phi) is 5.91. The van der Waals surface area contributed by atoms with Crippen LogP contribution in [0.4, 0.5) is 13.2 Å². The Morgan fingerprint density at radius 1 is 0.967 bits per heavy atom. The standard InChI is InChI=1S/C20H16BrF3O6/c21-17-19(29,20(22,23)24)18(28,15(27)12-9-5-2-6-10-12)16(30-17)14(26)13(25)11-7-3-1-4-8-11/h1-10,14,16-17,26,28-29H/t14?,16-,17+,18-,19+/m1/s1. The molecule has 6 nitrogen and oxygen atoms in total. The molecule has 0 radical (unpaired) electrons. The zero-order chi connectivity index (χ0) is 22.3. The summed E-state index contributed by atoms with van der Waals surface area (Å²) in [4.78, 5) is 25.6. The fraction of sp³-hybridized carbons (Fsp3) is 0.300. The van der Waals surface area contributed by atoms with Crippen molar-refractivity contribution in [1.29, 1.82) is 0 Å². The maximum absolute atomic E-state index is 13.9. The molecular weight excluding hydrogens is 473 g/mol. The van der Waals surface area contributed by atoms with Gasteiger partial charge in [0.2, 0.25) is 11.4 Å². The van der Waals surface area contributed by atoms with E-state index in [1.807, 2.05) is 0 Å². The summed E-state index contributed by atoms with van der Waals surface area (Å²) in [7, 11) is 0. The molecule has 0 spiro atoms. The largest absolute Gasteiger partial charge is 0.424 e. The van der Waals surface area contributed by atoms with Crippen LogP contribution in [0.2, 0.25) is 0 Å². The molecule has 1 saturated heterocycles. The first kappa shape index (κ1) is 22.6. The van der Waals surface area contributed by atoms with Crippen LogP contribution < -0.4 is 0 Å². The summed E-state index contributed by atoms with van der Waals surface area (Å²) in [6.07, 6.45) is -10.4. The van der Waals surface area contributed by atoms with Crippen LogP contribution in [0.25, 0.3) is 0 Å². The lowest BCUT2D eigenvalue weighted by Gasteiger charge is -2.40. The van der Waals surface area contributed by atoms with Crippen LogP contribution in [0.3, 0.4) is 0 Å². The summed E-state index contributed by atoms with van der Waals surface area (Å²) >= 11 is 2.50. The van der Waals surface area contributed by atoms with Gasteiger partial charge in [0, 0.05) is 11.1 Å². The molecule has 0 aromatic heterocycles. The van der Waals surface area contributed by atoms with E-state index in [0.717, 1.165) is 12.1 Å². The first-order valence-electron chi connectivity index (χ1n) is 8.64. The molecule has 0 bridgehead atoms. The van der Waals surface area contributed by atoms with Crippen molar-refractivity contribution < 1.29 is 42.8 Å². The van der Waals surface area contributed by atoms with Gasteiger partial charge >= 0.3 is 6.18 Å². The van der Waals surface area contributed by atoms with Crippen molar-refractivity contribution in [1.82, 2.24) is 0 Å². The maximum atomic E-state index is 13.9. The quantitative estimate of drug-likeness (QED) is 0.440. The van der Waals surface area contributed by atoms with Crippen molar-refractivity contribution in [2.24, 2.45) is 0 Å². The number of hydrogen-bond acceptors (Lipinski definition) is 6. The molecule has 1 fully saturated rings. The second kappa shape index (κ2) is 7.86. The average Bonchev–Trinajstić information content (AvgIpc) is 2.96. The molecule has 2 aromatic carbocycles. The second-order valence-electron chi connectivity index (χ2n) is 6.77. The van der Waals surface area contributed by atoms with Crippen molar-refractivity contribution in [2.75, 3.05) is 0 Å². The first-order chi connectivity index (χ1) is 14.0. The second-order valence-corrected chi connectivity index (χ2v) is 7.61. The van der Waals surface area contributed by atoms with Gasteiger partial charge < -0.3 is 20.1 Å². The van der Waals surface area contributed by atoms with Gasteiger partial charge in [-0.05, 0) is 0 Å². The zero-order valence-corrected chi connectivity index (χ0v) is 16.7. The van der Waals surface area contributed by atoms with Gasteiger partial charge in [-0.15, -0.1) is 0 Å². The Balaban J connectivity index is 2.14. The van der Waals surface area contributed by atoms with E-state index in [9.17, 15) is 38.1 Å². The van der Waals surface area contributed by atoms with E-state index in [1.54, 1.807) is 6.07 Å². The smallest absolute Gasteiger partial charge is 0.382 e. The van der Waals surface area contributed by atoms with Gasteiger partial charge in [-0.2, -0.15) is 13.2 Å². The highest BCUT2D eigenvalue weighted by Crippen LogP contribution is 2.53. The van der Waals surface area contributed by atoms with E-state index in [4.69, 9.17) is 4.74 Å². The van der Waals surface area contributed by atoms with Gasteiger partial charge in [0.1, 0.15) is 12.2 Å². The molecule has 0 saturated carbocycles. The molecule has 1 aliphatic heterocycles. The molecule has 160 valence electrons. The average molecular weight is 489 g/mol.